The summed E-state index contributed by atoms with van der Waals surface area (Å²) in [5.74, 6) is 0.541. The van der Waals surface area contributed by atoms with E-state index in [0.29, 0.717) is 5.82 Å². The lowest BCUT2D eigenvalue weighted by atomic mass is 10.1. The molecular formula is C14H15ClN4O. The minimum absolute atomic E-state index is 0.105. The number of hydrogen-bond donors (Lipinski definition) is 2. The van der Waals surface area contributed by atoms with Gasteiger partial charge in [-0.3, -0.25) is 4.79 Å². The van der Waals surface area contributed by atoms with E-state index in [4.69, 9.17) is 11.6 Å². The van der Waals surface area contributed by atoms with Gasteiger partial charge in [-0.15, -0.1) is 0 Å². The molecule has 0 fully saturated rings. The van der Waals surface area contributed by atoms with Gasteiger partial charge in [-0.05, 0) is 43.1 Å². The third-order valence-electron chi connectivity index (χ3n) is 2.84. The zero-order valence-electron chi connectivity index (χ0n) is 11.5. The molecule has 0 aliphatic carbocycles. The number of amides is 1. The quantitative estimate of drug-likeness (QED) is 0.850. The fourth-order valence-electron chi connectivity index (χ4n) is 1.77. The first kappa shape index (κ1) is 14.3. The van der Waals surface area contributed by atoms with E-state index >= 15 is 0 Å². The summed E-state index contributed by atoms with van der Waals surface area (Å²) in [5, 5.41) is 6.18. The molecule has 0 saturated carbocycles. The number of nitrogens with zero attached hydrogens (tertiary/aromatic N) is 2. The number of carbonyl (C=O) groups is 1. The Morgan fingerprint density at radius 3 is 2.65 bits per heavy atom. The summed E-state index contributed by atoms with van der Waals surface area (Å²) >= 11 is 5.80. The van der Waals surface area contributed by atoms with Crippen LogP contribution in [0.1, 0.15) is 18.1 Å². The van der Waals surface area contributed by atoms with E-state index in [1.807, 2.05) is 32.0 Å². The first-order valence-corrected chi connectivity index (χ1v) is 6.48. The average Bonchev–Trinajstić information content (AvgIpc) is 2.38. The number of aromatic nitrogens is 2. The third-order valence-corrected chi connectivity index (χ3v) is 3.02. The van der Waals surface area contributed by atoms with Gasteiger partial charge in [0, 0.05) is 30.1 Å². The Balaban J connectivity index is 2.34. The fraction of sp³-hybridized carbons (Fsp3) is 0.214. The number of aryl methyl sites for hydroxylation is 1. The maximum Gasteiger partial charge on any atom is 0.224 e. The van der Waals surface area contributed by atoms with Crippen molar-refractivity contribution in [1.29, 1.82) is 0 Å². The van der Waals surface area contributed by atoms with Crippen LogP contribution >= 0.6 is 11.6 Å². The highest BCUT2D eigenvalue weighted by molar-refractivity contribution is 6.28. The third kappa shape index (κ3) is 3.24. The predicted octanol–water partition coefficient (Wildman–Crippen LogP) is 3.45. The minimum atomic E-state index is -0.105. The molecule has 0 spiro atoms. The molecular weight excluding hydrogens is 276 g/mol. The minimum Gasteiger partial charge on any atom is -0.340 e. The molecule has 1 heterocycles. The SMILES string of the molecule is CC(=O)Nc1cccc(Nc2nc(Cl)ncc2C)c1C. The number of anilines is 3. The van der Waals surface area contributed by atoms with Crippen LogP contribution in [-0.4, -0.2) is 15.9 Å². The first-order chi connectivity index (χ1) is 9.47. The van der Waals surface area contributed by atoms with Crippen molar-refractivity contribution in [3.63, 3.8) is 0 Å². The molecule has 2 rings (SSSR count). The summed E-state index contributed by atoms with van der Waals surface area (Å²) < 4.78 is 0. The monoisotopic (exact) mass is 290 g/mol. The summed E-state index contributed by atoms with van der Waals surface area (Å²) in [4.78, 5) is 19.2. The summed E-state index contributed by atoms with van der Waals surface area (Å²) in [6.45, 7) is 5.30. The molecule has 0 aliphatic rings. The van der Waals surface area contributed by atoms with Crippen molar-refractivity contribution in [1.82, 2.24) is 9.97 Å². The van der Waals surface area contributed by atoms with E-state index in [9.17, 15) is 4.79 Å². The second-order valence-electron chi connectivity index (χ2n) is 4.45. The van der Waals surface area contributed by atoms with Crippen LogP contribution < -0.4 is 10.6 Å². The van der Waals surface area contributed by atoms with Crippen molar-refractivity contribution in [2.75, 3.05) is 10.6 Å². The Kier molecular flexibility index (Phi) is 4.20. The number of rotatable bonds is 3. The Labute approximate surface area is 122 Å². The van der Waals surface area contributed by atoms with Crippen molar-refractivity contribution in [2.45, 2.75) is 20.8 Å². The van der Waals surface area contributed by atoms with Gasteiger partial charge in [0.2, 0.25) is 11.2 Å². The standard InChI is InChI=1S/C14H15ClN4O/c1-8-7-16-14(15)19-13(8)18-12-6-4-5-11(9(12)2)17-10(3)20/h4-7H,1-3H3,(H,17,20)(H,16,18,19). The van der Waals surface area contributed by atoms with Gasteiger partial charge in [0.25, 0.3) is 0 Å². The number of nitrogens with one attached hydrogen (secondary N) is 2. The average molecular weight is 291 g/mol. The summed E-state index contributed by atoms with van der Waals surface area (Å²) in [5.41, 5.74) is 3.44. The van der Waals surface area contributed by atoms with Crippen LogP contribution in [0, 0.1) is 13.8 Å². The zero-order valence-corrected chi connectivity index (χ0v) is 12.2. The Morgan fingerprint density at radius 2 is 1.95 bits per heavy atom. The lowest BCUT2D eigenvalue weighted by Gasteiger charge is -2.14. The van der Waals surface area contributed by atoms with Gasteiger partial charge in [0.1, 0.15) is 5.82 Å². The van der Waals surface area contributed by atoms with Gasteiger partial charge in [0.15, 0.2) is 0 Å². The van der Waals surface area contributed by atoms with Gasteiger partial charge in [0.05, 0.1) is 0 Å². The van der Waals surface area contributed by atoms with Gasteiger partial charge in [-0.2, -0.15) is 0 Å². The molecule has 5 nitrogen and oxygen atoms in total. The second kappa shape index (κ2) is 5.88. The van der Waals surface area contributed by atoms with Crippen LogP contribution in [0.2, 0.25) is 5.28 Å². The Bertz CT molecular complexity index is 658. The molecule has 2 aromatic rings. The highest BCUT2D eigenvalue weighted by Gasteiger charge is 2.08. The topological polar surface area (TPSA) is 66.9 Å². The largest absolute Gasteiger partial charge is 0.340 e. The highest BCUT2D eigenvalue weighted by atomic mass is 35.5. The molecule has 104 valence electrons. The van der Waals surface area contributed by atoms with Gasteiger partial charge >= 0.3 is 0 Å². The van der Waals surface area contributed by atoms with Crippen molar-refractivity contribution in [3.05, 3.63) is 40.8 Å². The van der Waals surface area contributed by atoms with E-state index in [0.717, 1.165) is 22.5 Å². The fourth-order valence-corrected chi connectivity index (χ4v) is 1.90. The molecule has 1 aromatic carbocycles. The zero-order chi connectivity index (χ0) is 14.7. The lowest BCUT2D eigenvalue weighted by molar-refractivity contribution is -0.114. The number of benzene rings is 1. The van der Waals surface area contributed by atoms with E-state index in [1.165, 1.54) is 6.92 Å². The maximum absolute atomic E-state index is 11.2. The molecule has 0 atom stereocenters. The van der Waals surface area contributed by atoms with Crippen molar-refractivity contribution in [3.8, 4) is 0 Å². The molecule has 0 radical (unpaired) electrons. The normalized spacial score (nSPS) is 10.2. The maximum atomic E-state index is 11.2. The van der Waals surface area contributed by atoms with Crippen LogP contribution in [0.25, 0.3) is 0 Å². The van der Waals surface area contributed by atoms with E-state index in [2.05, 4.69) is 20.6 Å². The van der Waals surface area contributed by atoms with Crippen LogP contribution in [0.3, 0.4) is 0 Å². The molecule has 0 aliphatic heterocycles. The molecule has 0 bridgehead atoms. The van der Waals surface area contributed by atoms with Crippen LogP contribution in [0.15, 0.2) is 24.4 Å². The van der Waals surface area contributed by atoms with Crippen LogP contribution in [0.4, 0.5) is 17.2 Å². The van der Waals surface area contributed by atoms with Gasteiger partial charge < -0.3 is 10.6 Å². The summed E-state index contributed by atoms with van der Waals surface area (Å²) in [6, 6.07) is 5.62. The summed E-state index contributed by atoms with van der Waals surface area (Å²) in [7, 11) is 0. The van der Waals surface area contributed by atoms with E-state index in [-0.39, 0.29) is 11.2 Å². The second-order valence-corrected chi connectivity index (χ2v) is 4.79. The smallest absolute Gasteiger partial charge is 0.224 e. The molecule has 0 saturated heterocycles. The molecule has 1 amide bonds. The predicted molar refractivity (Wildman–Crippen MR) is 80.5 cm³/mol. The Hall–Kier alpha value is -2.14. The van der Waals surface area contributed by atoms with Crippen LogP contribution in [-0.2, 0) is 4.79 Å². The number of hydrogen-bond acceptors (Lipinski definition) is 4. The molecule has 6 heteroatoms. The van der Waals surface area contributed by atoms with E-state index < -0.39 is 0 Å². The Morgan fingerprint density at radius 1 is 1.25 bits per heavy atom. The van der Waals surface area contributed by atoms with E-state index in [1.54, 1.807) is 6.20 Å². The van der Waals surface area contributed by atoms with Crippen LogP contribution in [0.5, 0.6) is 0 Å². The number of halogens is 1. The first-order valence-electron chi connectivity index (χ1n) is 6.10. The lowest BCUT2D eigenvalue weighted by Crippen LogP contribution is -2.08. The highest BCUT2D eigenvalue weighted by Crippen LogP contribution is 2.27. The number of carbonyl (C=O) groups excluding carboxylic acids is 1. The van der Waals surface area contributed by atoms with Crippen molar-refractivity contribution >= 4 is 34.7 Å². The van der Waals surface area contributed by atoms with Crippen molar-refractivity contribution < 1.29 is 4.79 Å². The summed E-state index contributed by atoms with van der Waals surface area (Å²) in [6.07, 6.45) is 1.66. The molecule has 20 heavy (non-hydrogen) atoms. The van der Waals surface area contributed by atoms with Crippen molar-refractivity contribution in [2.24, 2.45) is 0 Å². The van der Waals surface area contributed by atoms with Gasteiger partial charge in [-0.25, -0.2) is 9.97 Å². The molecule has 0 unspecified atom stereocenters. The molecule has 2 N–H and O–H groups in total. The van der Waals surface area contributed by atoms with Gasteiger partial charge in [-0.1, -0.05) is 6.07 Å². The molecule has 1 aromatic heterocycles.